The number of H-pyrrole nitrogens is 1. The van der Waals surface area contributed by atoms with Gasteiger partial charge in [-0.25, -0.2) is 4.39 Å². The van der Waals surface area contributed by atoms with Crippen molar-refractivity contribution in [3.8, 4) is 0 Å². The summed E-state index contributed by atoms with van der Waals surface area (Å²) in [5.74, 6) is -2.41. The fraction of sp³-hybridized carbons (Fsp3) is 0.292. The lowest BCUT2D eigenvalue weighted by molar-refractivity contribution is -0.149. The quantitative estimate of drug-likeness (QED) is 0.401. The first-order chi connectivity index (χ1) is 16.1. The second kappa shape index (κ2) is 9.08. The van der Waals surface area contributed by atoms with Crippen molar-refractivity contribution < 1.29 is 23.9 Å². The van der Waals surface area contributed by atoms with Gasteiger partial charge in [-0.05, 0) is 61.9 Å². The number of fused-ring (bicyclic) bond motifs is 1. The fourth-order valence-corrected chi connectivity index (χ4v) is 4.20. The highest BCUT2D eigenvalue weighted by Crippen LogP contribution is 2.31. The van der Waals surface area contributed by atoms with Crippen molar-refractivity contribution in [3.05, 3.63) is 64.6 Å². The minimum absolute atomic E-state index is 0.0154. The third-order valence-electron chi connectivity index (χ3n) is 5.63. The van der Waals surface area contributed by atoms with Crippen LogP contribution < -0.4 is 15.5 Å². The van der Waals surface area contributed by atoms with Crippen LogP contribution in [-0.4, -0.2) is 46.0 Å². The Balaban J connectivity index is 1.49. The van der Waals surface area contributed by atoms with Gasteiger partial charge in [0.2, 0.25) is 5.60 Å². The second-order valence-corrected chi connectivity index (χ2v) is 9.05. The fourth-order valence-electron chi connectivity index (χ4n) is 3.95. The summed E-state index contributed by atoms with van der Waals surface area (Å²) < 4.78 is 13.5. The standard InChI is InChI=1S/C24H24ClFN4O4/c1-13(2)28-21(31)20-10-15-9-18(3-4-19(15)29-20)30-6-5-24(34,23(30)33)22(32)27-12-14-7-16(25)11-17(26)8-14/h3-4,7-11,13,29,34H,5-6,12H2,1-2H3,(H,27,32)(H,28,31)/t24-/m1/s1. The van der Waals surface area contributed by atoms with E-state index in [4.69, 9.17) is 11.6 Å². The number of nitrogens with one attached hydrogen (secondary N) is 3. The van der Waals surface area contributed by atoms with E-state index in [0.29, 0.717) is 27.8 Å². The average molecular weight is 487 g/mol. The Bertz CT molecular complexity index is 1270. The van der Waals surface area contributed by atoms with Crippen LogP contribution in [0.4, 0.5) is 10.1 Å². The van der Waals surface area contributed by atoms with Crippen molar-refractivity contribution in [2.24, 2.45) is 0 Å². The number of nitrogens with zero attached hydrogens (tertiary/aromatic N) is 1. The minimum Gasteiger partial charge on any atom is -0.372 e. The van der Waals surface area contributed by atoms with Crippen LogP contribution in [0.2, 0.25) is 5.02 Å². The molecule has 178 valence electrons. The number of hydrogen-bond donors (Lipinski definition) is 4. The van der Waals surface area contributed by atoms with Crippen molar-refractivity contribution in [2.45, 2.75) is 38.5 Å². The highest BCUT2D eigenvalue weighted by atomic mass is 35.5. The number of rotatable bonds is 6. The van der Waals surface area contributed by atoms with Crippen molar-refractivity contribution >= 4 is 45.9 Å². The molecule has 3 aromatic rings. The van der Waals surface area contributed by atoms with Gasteiger partial charge in [0.1, 0.15) is 11.5 Å². The summed E-state index contributed by atoms with van der Waals surface area (Å²) in [6.07, 6.45) is -0.102. The summed E-state index contributed by atoms with van der Waals surface area (Å²) in [5, 5.41) is 17.0. The van der Waals surface area contributed by atoms with E-state index in [1.807, 2.05) is 13.8 Å². The lowest BCUT2D eigenvalue weighted by atomic mass is 10.0. The third-order valence-corrected chi connectivity index (χ3v) is 5.85. The van der Waals surface area contributed by atoms with Crippen LogP contribution in [0.1, 0.15) is 36.3 Å². The van der Waals surface area contributed by atoms with Gasteiger partial charge in [-0.15, -0.1) is 0 Å². The van der Waals surface area contributed by atoms with Gasteiger partial charge < -0.3 is 25.6 Å². The zero-order valence-electron chi connectivity index (χ0n) is 18.6. The molecule has 0 aliphatic carbocycles. The average Bonchev–Trinajstić information content (AvgIpc) is 3.32. The maximum atomic E-state index is 13.5. The molecule has 3 amide bonds. The summed E-state index contributed by atoms with van der Waals surface area (Å²) in [6, 6.07) is 10.6. The van der Waals surface area contributed by atoms with E-state index in [1.54, 1.807) is 24.3 Å². The number of halogens is 2. The summed E-state index contributed by atoms with van der Waals surface area (Å²) in [7, 11) is 0. The molecule has 1 aliphatic rings. The molecule has 0 spiro atoms. The highest BCUT2D eigenvalue weighted by molar-refractivity contribution is 6.30. The van der Waals surface area contributed by atoms with Gasteiger partial charge in [-0.1, -0.05) is 11.6 Å². The van der Waals surface area contributed by atoms with Crippen LogP contribution in [0.5, 0.6) is 0 Å². The van der Waals surface area contributed by atoms with E-state index in [-0.39, 0.29) is 36.5 Å². The Hall–Kier alpha value is -3.43. The van der Waals surface area contributed by atoms with E-state index in [1.165, 1.54) is 17.0 Å². The SMILES string of the molecule is CC(C)NC(=O)c1cc2cc(N3CC[C@@](O)(C(=O)NCc4cc(F)cc(Cl)c4)C3=O)ccc2[nH]1. The molecule has 34 heavy (non-hydrogen) atoms. The number of anilines is 1. The molecule has 0 radical (unpaired) electrons. The maximum absolute atomic E-state index is 13.5. The molecule has 0 bridgehead atoms. The molecular formula is C24H24ClFN4O4. The Morgan fingerprint density at radius 3 is 2.71 bits per heavy atom. The zero-order valence-corrected chi connectivity index (χ0v) is 19.4. The molecule has 1 aromatic heterocycles. The Morgan fingerprint density at radius 1 is 1.24 bits per heavy atom. The smallest absolute Gasteiger partial charge is 0.268 e. The molecule has 1 atom stereocenters. The van der Waals surface area contributed by atoms with Crippen LogP contribution in [-0.2, 0) is 16.1 Å². The summed E-state index contributed by atoms with van der Waals surface area (Å²) in [5.41, 5.74) is -0.243. The Morgan fingerprint density at radius 2 is 2.00 bits per heavy atom. The van der Waals surface area contributed by atoms with Gasteiger partial charge in [-0.3, -0.25) is 14.4 Å². The van der Waals surface area contributed by atoms with Gasteiger partial charge in [0, 0.05) is 47.2 Å². The Kier molecular flexibility index (Phi) is 6.33. The third kappa shape index (κ3) is 4.62. The van der Waals surface area contributed by atoms with E-state index in [0.717, 1.165) is 6.07 Å². The second-order valence-electron chi connectivity index (χ2n) is 8.61. The van der Waals surface area contributed by atoms with Crippen molar-refractivity contribution in [1.82, 2.24) is 15.6 Å². The minimum atomic E-state index is -2.24. The van der Waals surface area contributed by atoms with Crippen LogP contribution in [0, 0.1) is 5.82 Å². The van der Waals surface area contributed by atoms with Crippen molar-refractivity contribution in [1.29, 1.82) is 0 Å². The number of aliphatic hydroxyl groups is 1. The molecule has 4 N–H and O–H groups in total. The van der Waals surface area contributed by atoms with Crippen LogP contribution >= 0.6 is 11.6 Å². The number of carbonyl (C=O) groups excluding carboxylic acids is 3. The van der Waals surface area contributed by atoms with Gasteiger partial charge in [0.05, 0.1) is 0 Å². The lowest BCUT2D eigenvalue weighted by Gasteiger charge is -2.22. The van der Waals surface area contributed by atoms with Crippen molar-refractivity contribution in [2.75, 3.05) is 11.4 Å². The van der Waals surface area contributed by atoms with Gasteiger partial charge in [0.25, 0.3) is 17.7 Å². The molecule has 0 unspecified atom stereocenters. The first-order valence-electron chi connectivity index (χ1n) is 10.8. The molecule has 8 nitrogen and oxygen atoms in total. The number of amides is 3. The molecule has 1 aliphatic heterocycles. The number of aromatic nitrogens is 1. The number of hydrogen-bond acceptors (Lipinski definition) is 4. The predicted octanol–water partition coefficient (Wildman–Crippen LogP) is 2.88. The molecule has 1 saturated heterocycles. The van der Waals surface area contributed by atoms with E-state index >= 15 is 0 Å². The molecule has 2 aromatic carbocycles. The summed E-state index contributed by atoms with van der Waals surface area (Å²) >= 11 is 5.83. The number of carbonyl (C=O) groups is 3. The van der Waals surface area contributed by atoms with E-state index in [2.05, 4.69) is 15.6 Å². The molecule has 1 fully saturated rings. The van der Waals surface area contributed by atoms with Crippen LogP contribution in [0.15, 0.2) is 42.5 Å². The molecule has 2 heterocycles. The van der Waals surface area contributed by atoms with E-state index in [9.17, 15) is 23.9 Å². The predicted molar refractivity (Wildman–Crippen MR) is 126 cm³/mol. The first kappa shape index (κ1) is 23.7. The van der Waals surface area contributed by atoms with Gasteiger partial charge in [-0.2, -0.15) is 0 Å². The van der Waals surface area contributed by atoms with Gasteiger partial charge >= 0.3 is 0 Å². The summed E-state index contributed by atoms with van der Waals surface area (Å²) in [6.45, 7) is 3.76. The Labute approximate surface area is 200 Å². The number of benzene rings is 2. The van der Waals surface area contributed by atoms with Crippen LogP contribution in [0.3, 0.4) is 0 Å². The first-order valence-corrected chi connectivity index (χ1v) is 11.2. The molecule has 0 saturated carbocycles. The maximum Gasteiger partial charge on any atom is 0.268 e. The molecule has 10 heteroatoms. The zero-order chi connectivity index (χ0) is 24.6. The topological polar surface area (TPSA) is 115 Å². The number of aromatic amines is 1. The summed E-state index contributed by atoms with van der Waals surface area (Å²) in [4.78, 5) is 42.4. The van der Waals surface area contributed by atoms with Crippen molar-refractivity contribution in [3.63, 3.8) is 0 Å². The molecular weight excluding hydrogens is 463 g/mol. The monoisotopic (exact) mass is 486 g/mol. The van der Waals surface area contributed by atoms with E-state index < -0.39 is 23.2 Å². The largest absolute Gasteiger partial charge is 0.372 e. The van der Waals surface area contributed by atoms with Crippen LogP contribution in [0.25, 0.3) is 10.9 Å². The lowest BCUT2D eigenvalue weighted by Crippen LogP contribution is -2.52. The van der Waals surface area contributed by atoms with Gasteiger partial charge in [0.15, 0.2) is 0 Å². The molecule has 4 rings (SSSR count). The highest BCUT2D eigenvalue weighted by Gasteiger charge is 2.51. The normalized spacial score (nSPS) is 18.1.